The van der Waals surface area contributed by atoms with Crippen LogP contribution in [-0.4, -0.2) is 30.8 Å². The van der Waals surface area contributed by atoms with Crippen LogP contribution in [0.5, 0.6) is 0 Å². The Kier molecular flexibility index (Phi) is 6.07. The van der Waals surface area contributed by atoms with E-state index in [-0.39, 0.29) is 24.3 Å². The van der Waals surface area contributed by atoms with Crippen molar-refractivity contribution in [3.63, 3.8) is 0 Å². The maximum absolute atomic E-state index is 13.2. The first-order valence-electron chi connectivity index (χ1n) is 8.68. The van der Waals surface area contributed by atoms with E-state index in [0.717, 1.165) is 6.07 Å². The number of benzene rings is 2. The lowest BCUT2D eigenvalue weighted by atomic mass is 10.1. The molecule has 2 rings (SSSR count). The third-order valence-corrected chi connectivity index (χ3v) is 7.39. The summed E-state index contributed by atoms with van der Waals surface area (Å²) in [6.45, 7) is 0.611. The number of hydrogen-bond donors (Lipinski definition) is 2. The molecule has 0 saturated heterocycles. The average Bonchev–Trinajstić information content (AvgIpc) is 2.65. The number of alkyl halides is 3. The Balaban J connectivity index is 2.33. The molecule has 2 aromatic rings. The normalized spacial score (nSPS) is 16.5. The fourth-order valence-corrected chi connectivity index (χ4v) is 4.88. The van der Waals surface area contributed by atoms with Crippen molar-refractivity contribution < 1.29 is 50.9 Å². The molecule has 0 radical (unpaired) electrons. The van der Waals surface area contributed by atoms with Gasteiger partial charge in [-0.05, 0) is 49.4 Å². The first-order valence-corrected chi connectivity index (χ1v) is 12.3. The van der Waals surface area contributed by atoms with Gasteiger partial charge in [-0.15, -0.1) is 0 Å². The number of aliphatic hydroxyl groups is 1. The maximum Gasteiger partial charge on any atom is 0.418 e. The zero-order chi connectivity index (χ0) is 26.4. The van der Waals surface area contributed by atoms with Crippen LogP contribution in [0.15, 0.2) is 52.3 Å². The van der Waals surface area contributed by atoms with Crippen LogP contribution >= 0.6 is 10.2 Å². The van der Waals surface area contributed by atoms with Crippen molar-refractivity contribution in [1.82, 2.24) is 0 Å². The molecule has 1 unspecified atom stereocenters. The zero-order valence-electron chi connectivity index (χ0n) is 16.7. The lowest BCUT2D eigenvalue weighted by Gasteiger charge is -2.40. The molecule has 0 fully saturated rings. The summed E-state index contributed by atoms with van der Waals surface area (Å²) in [5, 5.41) is 20.7. The van der Waals surface area contributed by atoms with Crippen LogP contribution in [0.1, 0.15) is 18.1 Å². The topological polar surface area (TPSA) is 107 Å². The fourth-order valence-electron chi connectivity index (χ4n) is 2.64. The summed E-state index contributed by atoms with van der Waals surface area (Å²) in [6.07, 6.45) is -5.04. The first kappa shape index (κ1) is 27.3. The van der Waals surface area contributed by atoms with Gasteiger partial charge in [-0.25, -0.2) is 8.42 Å². The molecule has 0 heterocycles. The second kappa shape index (κ2) is 7.55. The number of sulfone groups is 1. The molecular weight excluding hydrogens is 524 g/mol. The smallest absolute Gasteiger partial charge is 0.379 e. The van der Waals surface area contributed by atoms with E-state index in [9.17, 15) is 50.9 Å². The predicted molar refractivity (Wildman–Crippen MR) is 105 cm³/mol. The molecular formula is C18H14F8N2O4S2. The van der Waals surface area contributed by atoms with Crippen molar-refractivity contribution in [2.45, 2.75) is 28.5 Å². The van der Waals surface area contributed by atoms with Crippen LogP contribution in [0, 0.1) is 11.3 Å². The summed E-state index contributed by atoms with van der Waals surface area (Å²) < 4.78 is 128. The van der Waals surface area contributed by atoms with Crippen molar-refractivity contribution in [3.05, 3.63) is 53.6 Å². The molecule has 0 aliphatic rings. The number of rotatable bonds is 6. The molecule has 0 aliphatic carbocycles. The van der Waals surface area contributed by atoms with Gasteiger partial charge in [0.25, 0.3) is 5.91 Å². The van der Waals surface area contributed by atoms with E-state index < -0.39 is 70.1 Å². The summed E-state index contributed by atoms with van der Waals surface area (Å²) in [6, 6.07) is 3.49. The second-order valence-electron chi connectivity index (χ2n) is 7.30. The van der Waals surface area contributed by atoms with Gasteiger partial charge in [-0.2, -0.15) is 18.4 Å². The Morgan fingerprint density at radius 2 is 1.59 bits per heavy atom. The van der Waals surface area contributed by atoms with Gasteiger partial charge in [-0.3, -0.25) is 4.79 Å². The SMILES string of the molecule is CC(O)(CS(=O)(=O)c1ccc(S(F)(F)(F)(F)F)cc1)C(=O)Nc1ccc(C#N)cc1C(F)(F)F. The van der Waals surface area contributed by atoms with Gasteiger partial charge in [0.2, 0.25) is 0 Å². The van der Waals surface area contributed by atoms with Gasteiger partial charge < -0.3 is 10.4 Å². The summed E-state index contributed by atoms with van der Waals surface area (Å²) >= 11 is 0. The van der Waals surface area contributed by atoms with E-state index in [4.69, 9.17) is 5.26 Å². The minimum Gasteiger partial charge on any atom is -0.379 e. The fraction of sp³-hybridized carbons (Fsp3) is 0.222. The molecule has 2 aromatic carbocycles. The van der Waals surface area contributed by atoms with Gasteiger partial charge in [0.15, 0.2) is 15.4 Å². The summed E-state index contributed by atoms with van der Waals surface area (Å²) in [5.41, 5.74) is -5.69. The first-order chi connectivity index (χ1) is 15.0. The molecule has 0 bridgehead atoms. The van der Waals surface area contributed by atoms with Crippen LogP contribution < -0.4 is 5.32 Å². The van der Waals surface area contributed by atoms with Crippen LogP contribution in [0.25, 0.3) is 0 Å². The van der Waals surface area contributed by atoms with Crippen molar-refractivity contribution >= 4 is 31.7 Å². The van der Waals surface area contributed by atoms with E-state index in [1.807, 2.05) is 0 Å². The molecule has 188 valence electrons. The van der Waals surface area contributed by atoms with Crippen LogP contribution in [-0.2, 0) is 20.8 Å². The number of nitriles is 1. The maximum atomic E-state index is 13.2. The minimum absolute atomic E-state index is 0.185. The van der Waals surface area contributed by atoms with Gasteiger partial charge in [-0.1, -0.05) is 19.4 Å². The quantitative estimate of drug-likeness (QED) is 0.479. The van der Waals surface area contributed by atoms with Crippen molar-refractivity contribution in [3.8, 4) is 6.07 Å². The highest BCUT2D eigenvalue weighted by molar-refractivity contribution is 8.45. The van der Waals surface area contributed by atoms with Gasteiger partial charge >= 0.3 is 16.4 Å². The third-order valence-electron chi connectivity index (χ3n) is 4.29. The van der Waals surface area contributed by atoms with E-state index >= 15 is 0 Å². The third kappa shape index (κ3) is 6.36. The van der Waals surface area contributed by atoms with Gasteiger partial charge in [0, 0.05) is 0 Å². The number of hydrogen-bond acceptors (Lipinski definition) is 5. The van der Waals surface area contributed by atoms with Crippen LogP contribution in [0.2, 0.25) is 0 Å². The lowest BCUT2D eigenvalue weighted by Crippen LogP contribution is -2.46. The Hall–Kier alpha value is -2.90. The molecule has 0 saturated carbocycles. The van der Waals surface area contributed by atoms with Gasteiger partial charge in [0.1, 0.15) is 4.90 Å². The Morgan fingerprint density at radius 1 is 1.06 bits per heavy atom. The van der Waals surface area contributed by atoms with E-state index in [1.54, 1.807) is 5.32 Å². The average molecular weight is 538 g/mol. The summed E-state index contributed by atoms with van der Waals surface area (Å²) in [5.74, 6) is -3.14. The lowest BCUT2D eigenvalue weighted by molar-refractivity contribution is -0.137. The van der Waals surface area contributed by atoms with Crippen LogP contribution in [0.3, 0.4) is 0 Å². The molecule has 0 spiro atoms. The van der Waals surface area contributed by atoms with Crippen molar-refractivity contribution in [2.24, 2.45) is 0 Å². The Morgan fingerprint density at radius 3 is 2.03 bits per heavy atom. The number of nitrogens with zero attached hydrogens (tertiary/aromatic N) is 1. The molecule has 2 N–H and O–H groups in total. The molecule has 1 atom stereocenters. The highest BCUT2D eigenvalue weighted by atomic mass is 32.5. The molecule has 0 aliphatic heterocycles. The Bertz CT molecular complexity index is 1280. The van der Waals surface area contributed by atoms with E-state index in [0.29, 0.717) is 19.1 Å². The predicted octanol–water partition coefficient (Wildman–Crippen LogP) is 5.40. The number of halogens is 8. The number of anilines is 1. The highest BCUT2D eigenvalue weighted by Gasteiger charge is 2.65. The zero-order valence-corrected chi connectivity index (χ0v) is 18.3. The number of carbonyl (C=O) groups is 1. The number of nitrogens with one attached hydrogen (secondary N) is 1. The summed E-state index contributed by atoms with van der Waals surface area (Å²) in [7, 11) is -14.9. The molecule has 1 amide bonds. The molecule has 0 aromatic heterocycles. The van der Waals surface area contributed by atoms with Crippen molar-refractivity contribution in [1.29, 1.82) is 5.26 Å². The standard InChI is InChI=1S/C18H14F8N2O4S2/c1-17(30,16(29)28-15-7-2-11(9-27)8-14(15)18(19,20)21)10-33(31,32)12-3-5-13(6-4-12)34(22,23,24,25)26/h2-8,30H,10H2,1H3,(H,28,29). The second-order valence-corrected chi connectivity index (χ2v) is 11.7. The Labute approximate surface area is 187 Å². The molecule has 6 nitrogen and oxygen atoms in total. The highest BCUT2D eigenvalue weighted by Crippen LogP contribution is 3.02. The molecule has 16 heteroatoms. The van der Waals surface area contributed by atoms with Gasteiger partial charge in [0.05, 0.1) is 33.5 Å². The van der Waals surface area contributed by atoms with Crippen molar-refractivity contribution in [2.75, 3.05) is 11.1 Å². The van der Waals surface area contributed by atoms with E-state index in [2.05, 4.69) is 0 Å². The van der Waals surface area contributed by atoms with E-state index in [1.165, 1.54) is 6.07 Å². The van der Waals surface area contributed by atoms with Crippen LogP contribution in [0.4, 0.5) is 38.3 Å². The number of carbonyl (C=O) groups excluding carboxylic acids is 1. The number of amides is 1. The summed E-state index contributed by atoms with van der Waals surface area (Å²) in [4.78, 5) is 9.02. The molecule has 34 heavy (non-hydrogen) atoms. The largest absolute Gasteiger partial charge is 0.418 e. The monoisotopic (exact) mass is 538 g/mol. The minimum atomic E-state index is -10.1.